The summed E-state index contributed by atoms with van der Waals surface area (Å²) < 4.78 is 64.3. The lowest BCUT2D eigenvalue weighted by atomic mass is 10.1. The molecule has 0 saturated carbocycles. The first-order valence-electron chi connectivity index (χ1n) is 13.9. The third-order valence-electron chi connectivity index (χ3n) is 8.05. The van der Waals surface area contributed by atoms with Crippen LogP contribution in [-0.2, 0) is 22.4 Å². The molecule has 0 N–H and O–H groups in total. The van der Waals surface area contributed by atoms with Crippen LogP contribution in [0.25, 0.3) is 11.0 Å². The van der Waals surface area contributed by atoms with Gasteiger partial charge in [0, 0.05) is 0 Å². The van der Waals surface area contributed by atoms with Gasteiger partial charge >= 0.3 is 17.1 Å². The van der Waals surface area contributed by atoms with Gasteiger partial charge in [-0.1, -0.05) is 55.4 Å². The number of halogens is 2. The molecular weight excluding hydrogens is 540 g/mol. The molecule has 2 aromatic rings. The molecule has 0 amide bonds. The van der Waals surface area contributed by atoms with Crippen LogP contribution in [0.2, 0.25) is 22.2 Å². The maximum absolute atomic E-state index is 14.6. The molecule has 216 valence electrons. The summed E-state index contributed by atoms with van der Waals surface area (Å²) >= 11 is 0. The van der Waals surface area contributed by atoms with E-state index in [1.807, 2.05) is 0 Å². The van der Waals surface area contributed by atoms with Crippen molar-refractivity contribution in [3.63, 3.8) is 0 Å². The molecule has 2 aliphatic rings. The average Bonchev–Trinajstić information content (AvgIpc) is 3.42. The van der Waals surface area contributed by atoms with E-state index in [0.717, 1.165) is 6.07 Å². The number of hydrogen-bond donors (Lipinski definition) is 0. The van der Waals surface area contributed by atoms with Gasteiger partial charge in [-0.3, -0.25) is 0 Å². The zero-order chi connectivity index (χ0) is 28.7. The highest BCUT2D eigenvalue weighted by atomic mass is 28.5. The standard InChI is InChI=1S/C27H41F2N3O5Si2/c1-16(2)38(17(3)4)34-14-22-25(36-39(37-38,18(5)6)19(7)8)26(33-13-9-12-30)27(35-22)32-15-31-24-21(32)11-10-20(28)23(24)29/h10-11,15-19,22,25-27H,9,13-14H2,1-8H3/t22-,25-,26-,27-/m1/s1. The molecule has 8 nitrogen and oxygen atoms in total. The van der Waals surface area contributed by atoms with Crippen LogP contribution in [0.5, 0.6) is 0 Å². The summed E-state index contributed by atoms with van der Waals surface area (Å²) in [5.74, 6) is -1.98. The lowest BCUT2D eigenvalue weighted by Crippen LogP contribution is -2.66. The van der Waals surface area contributed by atoms with E-state index in [9.17, 15) is 14.0 Å². The summed E-state index contributed by atoms with van der Waals surface area (Å²) in [4.78, 5) is 4.14. The Balaban J connectivity index is 1.83. The van der Waals surface area contributed by atoms with Gasteiger partial charge in [0.25, 0.3) is 0 Å². The van der Waals surface area contributed by atoms with Gasteiger partial charge in [0.1, 0.15) is 23.8 Å². The third kappa shape index (κ3) is 5.23. The molecule has 0 aliphatic carbocycles. The van der Waals surface area contributed by atoms with E-state index in [0.29, 0.717) is 5.52 Å². The highest BCUT2D eigenvalue weighted by Gasteiger charge is 2.62. The Bertz CT molecular complexity index is 1190. The van der Waals surface area contributed by atoms with Crippen molar-refractivity contribution in [3.8, 4) is 6.07 Å². The van der Waals surface area contributed by atoms with Crippen LogP contribution in [-0.4, -0.2) is 58.2 Å². The van der Waals surface area contributed by atoms with Crippen LogP contribution < -0.4 is 0 Å². The fourth-order valence-electron chi connectivity index (χ4n) is 6.01. The van der Waals surface area contributed by atoms with E-state index >= 15 is 0 Å². The number of hydrogen-bond acceptors (Lipinski definition) is 7. The van der Waals surface area contributed by atoms with Crippen LogP contribution in [0.15, 0.2) is 18.5 Å². The summed E-state index contributed by atoms with van der Waals surface area (Å²) in [5, 5.41) is 9.18. The lowest BCUT2D eigenvalue weighted by Gasteiger charge is -2.51. The van der Waals surface area contributed by atoms with E-state index in [1.54, 1.807) is 4.57 Å². The molecule has 1 aromatic carbocycles. The van der Waals surface area contributed by atoms with E-state index in [1.165, 1.54) is 12.4 Å². The number of nitriles is 1. The van der Waals surface area contributed by atoms with Crippen molar-refractivity contribution in [3.05, 3.63) is 30.1 Å². The molecule has 1 aromatic heterocycles. The summed E-state index contributed by atoms with van der Waals surface area (Å²) in [6.07, 6.45) is -0.840. The van der Waals surface area contributed by atoms with Crippen molar-refractivity contribution in [2.45, 2.75) is 109 Å². The predicted molar refractivity (Wildman–Crippen MR) is 147 cm³/mol. The summed E-state index contributed by atoms with van der Waals surface area (Å²) in [6, 6.07) is 4.67. The molecule has 0 bridgehead atoms. The second-order valence-electron chi connectivity index (χ2n) is 11.7. The van der Waals surface area contributed by atoms with Crippen molar-refractivity contribution < 1.29 is 31.2 Å². The van der Waals surface area contributed by atoms with Crippen LogP contribution in [0, 0.1) is 23.0 Å². The first-order chi connectivity index (χ1) is 18.4. The Morgan fingerprint density at radius 3 is 2.28 bits per heavy atom. The van der Waals surface area contributed by atoms with Crippen molar-refractivity contribution in [2.75, 3.05) is 13.2 Å². The third-order valence-corrected chi connectivity index (χ3v) is 18.3. The Morgan fingerprint density at radius 1 is 1.05 bits per heavy atom. The molecule has 3 heterocycles. The van der Waals surface area contributed by atoms with Gasteiger partial charge in [-0.25, -0.2) is 13.8 Å². The second-order valence-corrected chi connectivity index (χ2v) is 20.6. The quantitative estimate of drug-likeness (QED) is 0.261. The molecule has 39 heavy (non-hydrogen) atoms. The number of benzene rings is 1. The minimum Gasteiger partial charge on any atom is -0.414 e. The smallest absolute Gasteiger partial charge is 0.335 e. The van der Waals surface area contributed by atoms with E-state index in [-0.39, 0.29) is 47.3 Å². The van der Waals surface area contributed by atoms with Gasteiger partial charge in [0.15, 0.2) is 17.9 Å². The maximum Gasteiger partial charge on any atom is 0.335 e. The van der Waals surface area contributed by atoms with Gasteiger partial charge in [-0.2, -0.15) is 5.26 Å². The van der Waals surface area contributed by atoms with Gasteiger partial charge in [-0.15, -0.1) is 0 Å². The molecule has 4 rings (SSSR count). The monoisotopic (exact) mass is 581 g/mol. The minimum absolute atomic E-state index is 0.0849. The van der Waals surface area contributed by atoms with E-state index in [4.69, 9.17) is 22.4 Å². The molecule has 0 unspecified atom stereocenters. The van der Waals surface area contributed by atoms with E-state index in [2.05, 4.69) is 66.4 Å². The summed E-state index contributed by atoms with van der Waals surface area (Å²) in [6.45, 7) is 17.6. The summed E-state index contributed by atoms with van der Waals surface area (Å²) in [5.41, 5.74) is 0.861. The highest BCUT2D eigenvalue weighted by molar-refractivity contribution is 6.84. The van der Waals surface area contributed by atoms with Crippen LogP contribution >= 0.6 is 0 Å². The number of nitrogens with zero attached hydrogens (tertiary/aromatic N) is 3. The van der Waals surface area contributed by atoms with Crippen LogP contribution in [0.4, 0.5) is 8.78 Å². The maximum atomic E-state index is 14.6. The highest BCUT2D eigenvalue weighted by Crippen LogP contribution is 2.49. The summed E-state index contributed by atoms with van der Waals surface area (Å²) in [7, 11) is -5.74. The largest absolute Gasteiger partial charge is 0.414 e. The Hall–Kier alpha value is -1.73. The fraction of sp³-hybridized carbons (Fsp3) is 0.704. The number of fused-ring (bicyclic) bond motifs is 2. The Labute approximate surface area is 232 Å². The molecule has 4 atom stereocenters. The minimum atomic E-state index is -2.96. The zero-order valence-electron chi connectivity index (χ0n) is 24.1. The topological polar surface area (TPSA) is 87.8 Å². The number of rotatable bonds is 8. The van der Waals surface area contributed by atoms with Gasteiger partial charge < -0.3 is 27.0 Å². The normalized spacial score (nSPS) is 26.8. The SMILES string of the molecule is CC(C)[Si]1(C(C)C)OC[C@H]2O[C@@H](n3cnc4c(F)c(F)ccc43)[C@H](OCCC#N)[C@@H]2O[Si](C(C)C)(C(C)C)O1. The van der Waals surface area contributed by atoms with Gasteiger partial charge in [0.2, 0.25) is 0 Å². The average molecular weight is 582 g/mol. The van der Waals surface area contributed by atoms with Crippen LogP contribution in [0.3, 0.4) is 0 Å². The van der Waals surface area contributed by atoms with Gasteiger partial charge in [-0.05, 0) is 34.3 Å². The predicted octanol–water partition coefficient (Wildman–Crippen LogP) is 6.47. The first-order valence-corrected chi connectivity index (χ1v) is 17.8. The molecule has 2 saturated heterocycles. The van der Waals surface area contributed by atoms with Crippen molar-refractivity contribution in [1.82, 2.24) is 9.55 Å². The molecule has 12 heteroatoms. The van der Waals surface area contributed by atoms with Crippen molar-refractivity contribution in [1.29, 1.82) is 5.26 Å². The molecule has 0 spiro atoms. The van der Waals surface area contributed by atoms with Gasteiger partial charge in [0.05, 0.1) is 37.5 Å². The fourth-order valence-corrected chi connectivity index (χ4v) is 17.2. The molecule has 0 radical (unpaired) electrons. The number of ether oxygens (including phenoxy) is 2. The molecule has 2 fully saturated rings. The Morgan fingerprint density at radius 2 is 1.69 bits per heavy atom. The second kappa shape index (κ2) is 11.6. The van der Waals surface area contributed by atoms with Crippen LogP contribution in [0.1, 0.15) is 68.0 Å². The van der Waals surface area contributed by atoms with E-state index < -0.39 is 53.3 Å². The first kappa shape index (κ1) is 30.2. The number of aromatic nitrogens is 2. The Kier molecular flexibility index (Phi) is 9.02. The zero-order valence-corrected chi connectivity index (χ0v) is 26.1. The lowest BCUT2D eigenvalue weighted by molar-refractivity contribution is -0.0680. The van der Waals surface area contributed by atoms with Crippen molar-refractivity contribution >= 4 is 28.2 Å². The van der Waals surface area contributed by atoms with Crippen molar-refractivity contribution in [2.24, 2.45) is 0 Å². The molecular formula is C27H41F2N3O5Si2. The number of imidazole rings is 1. The molecule has 2 aliphatic heterocycles.